The number of fused-ring (bicyclic) bond motifs is 1. The molecule has 66 valence electrons. The van der Waals surface area contributed by atoms with Crippen molar-refractivity contribution >= 4 is 13.6 Å². The van der Waals surface area contributed by atoms with Crippen LogP contribution in [0.1, 0.15) is 21.7 Å². The van der Waals surface area contributed by atoms with Crippen LogP contribution in [0, 0.1) is 0 Å². The van der Waals surface area contributed by atoms with E-state index in [1.54, 1.807) is 24.3 Å². The Morgan fingerprint density at radius 1 is 1.23 bits per heavy atom. The van der Waals surface area contributed by atoms with Gasteiger partial charge in [-0.25, -0.2) is 9.13 Å². The fraction of sp³-hybridized carbons (Fsp3) is 0.125. The zero-order valence-electron chi connectivity index (χ0n) is 6.56. The summed E-state index contributed by atoms with van der Waals surface area (Å²) in [4.78, 5) is 11.2. The molecule has 1 atom stereocenters. The Morgan fingerprint density at radius 2 is 1.92 bits per heavy atom. The molecule has 1 heterocycles. The fourth-order valence-electron chi connectivity index (χ4n) is 1.39. The molecule has 4 nitrogen and oxygen atoms in total. The van der Waals surface area contributed by atoms with Crippen LogP contribution in [0.3, 0.4) is 0 Å². The zero-order chi connectivity index (χ0) is 9.42. The lowest BCUT2D eigenvalue weighted by Gasteiger charge is -1.98. The van der Waals surface area contributed by atoms with E-state index in [0.717, 1.165) is 0 Å². The van der Waals surface area contributed by atoms with Crippen molar-refractivity contribution in [3.05, 3.63) is 35.4 Å². The third kappa shape index (κ3) is 1.19. The summed E-state index contributed by atoms with van der Waals surface area (Å²) in [5, 5.41) is 2.38. The van der Waals surface area contributed by atoms with Crippen LogP contribution in [0.4, 0.5) is 0 Å². The van der Waals surface area contributed by atoms with Crippen molar-refractivity contribution in [1.82, 2.24) is 5.32 Å². The van der Waals surface area contributed by atoms with E-state index >= 15 is 0 Å². The van der Waals surface area contributed by atoms with Crippen LogP contribution in [-0.4, -0.2) is 5.91 Å². The van der Waals surface area contributed by atoms with Gasteiger partial charge in [-0.1, -0.05) is 18.2 Å². The molecular formula is C8H6NO3P. The molecule has 13 heavy (non-hydrogen) atoms. The molecule has 1 aromatic carbocycles. The topological polar surface area (TPSA) is 63.2 Å². The number of nitrogens with one attached hydrogen (secondary N) is 1. The first-order valence-electron chi connectivity index (χ1n) is 3.73. The van der Waals surface area contributed by atoms with Crippen LogP contribution in [0.5, 0.6) is 0 Å². The molecule has 1 amide bonds. The summed E-state index contributed by atoms with van der Waals surface area (Å²) in [5.41, 5.74) is 0.996. The molecule has 0 spiro atoms. The number of benzene rings is 1. The molecule has 0 radical (unpaired) electrons. The SMILES string of the molecule is O=C1NC(P(=O)=O)c2ccccc21. The van der Waals surface area contributed by atoms with Crippen molar-refractivity contribution in [2.45, 2.75) is 5.78 Å². The summed E-state index contributed by atoms with van der Waals surface area (Å²) in [7, 11) is -2.65. The molecule has 1 unspecified atom stereocenters. The van der Waals surface area contributed by atoms with Gasteiger partial charge in [0.15, 0.2) is 5.78 Å². The van der Waals surface area contributed by atoms with Gasteiger partial charge in [0.1, 0.15) is 0 Å². The molecule has 5 heteroatoms. The second-order valence-corrected chi connectivity index (χ2v) is 3.84. The molecular weight excluding hydrogens is 189 g/mol. The van der Waals surface area contributed by atoms with Gasteiger partial charge in [-0.3, -0.25) is 4.79 Å². The Labute approximate surface area is 74.8 Å². The van der Waals surface area contributed by atoms with E-state index in [1.165, 1.54) is 0 Å². The number of hydrogen-bond donors (Lipinski definition) is 1. The smallest absolute Gasteiger partial charge is 0.332 e. The average molecular weight is 195 g/mol. The third-order valence-corrected chi connectivity index (χ3v) is 2.81. The normalized spacial score (nSPS) is 19.4. The summed E-state index contributed by atoms with van der Waals surface area (Å²) >= 11 is 0. The second-order valence-electron chi connectivity index (χ2n) is 2.75. The first-order valence-corrected chi connectivity index (χ1v) is 4.98. The van der Waals surface area contributed by atoms with E-state index in [0.29, 0.717) is 11.1 Å². The van der Waals surface area contributed by atoms with Crippen LogP contribution in [0.25, 0.3) is 0 Å². The molecule has 0 bridgehead atoms. The highest BCUT2D eigenvalue weighted by Crippen LogP contribution is 2.35. The number of amides is 1. The minimum Gasteiger partial charge on any atom is -0.332 e. The zero-order valence-corrected chi connectivity index (χ0v) is 7.45. The number of hydrogen-bond acceptors (Lipinski definition) is 3. The number of carbonyl (C=O) groups excluding carboxylic acids is 1. The highest BCUT2D eigenvalue weighted by atomic mass is 31.1. The maximum absolute atomic E-state index is 11.2. The molecule has 1 N–H and O–H groups in total. The fourth-order valence-corrected chi connectivity index (χ4v) is 2.06. The summed E-state index contributed by atoms with van der Waals surface area (Å²) in [6.45, 7) is 0. The molecule has 0 saturated carbocycles. The molecule has 0 aromatic heterocycles. The van der Waals surface area contributed by atoms with Crippen molar-refractivity contribution < 1.29 is 13.9 Å². The van der Waals surface area contributed by atoms with Crippen molar-refractivity contribution in [1.29, 1.82) is 0 Å². The molecule has 1 aromatic rings. The van der Waals surface area contributed by atoms with Crippen LogP contribution >= 0.6 is 7.68 Å². The molecule has 1 aliphatic heterocycles. The van der Waals surface area contributed by atoms with E-state index < -0.39 is 13.5 Å². The van der Waals surface area contributed by atoms with Crippen molar-refractivity contribution in [3.63, 3.8) is 0 Å². The van der Waals surface area contributed by atoms with Gasteiger partial charge in [-0.15, -0.1) is 0 Å². The van der Waals surface area contributed by atoms with Gasteiger partial charge >= 0.3 is 7.68 Å². The van der Waals surface area contributed by atoms with Gasteiger partial charge in [0.2, 0.25) is 0 Å². The lowest BCUT2D eigenvalue weighted by atomic mass is 10.1. The first-order chi connectivity index (χ1) is 6.20. The van der Waals surface area contributed by atoms with E-state index in [4.69, 9.17) is 0 Å². The Bertz CT molecular complexity index is 431. The predicted octanol–water partition coefficient (Wildman–Crippen LogP) is 1.60. The van der Waals surface area contributed by atoms with Crippen molar-refractivity contribution in [3.8, 4) is 0 Å². The van der Waals surface area contributed by atoms with Crippen molar-refractivity contribution in [2.75, 3.05) is 0 Å². The quantitative estimate of drug-likeness (QED) is 0.692. The van der Waals surface area contributed by atoms with Gasteiger partial charge in [-0.2, -0.15) is 0 Å². The minimum atomic E-state index is -2.65. The van der Waals surface area contributed by atoms with E-state index in [9.17, 15) is 13.9 Å². The van der Waals surface area contributed by atoms with Crippen LogP contribution in [0.2, 0.25) is 0 Å². The summed E-state index contributed by atoms with van der Waals surface area (Å²) in [6.07, 6.45) is 0. The van der Waals surface area contributed by atoms with Crippen LogP contribution in [-0.2, 0) is 9.13 Å². The Hall–Kier alpha value is -1.41. The Kier molecular flexibility index (Phi) is 1.78. The maximum Gasteiger partial charge on any atom is 0.343 e. The van der Waals surface area contributed by atoms with Gasteiger partial charge in [0, 0.05) is 11.1 Å². The number of carbonyl (C=O) groups is 1. The van der Waals surface area contributed by atoms with Crippen molar-refractivity contribution in [2.24, 2.45) is 0 Å². The van der Waals surface area contributed by atoms with Gasteiger partial charge in [0.25, 0.3) is 5.91 Å². The maximum atomic E-state index is 11.2. The lowest BCUT2D eigenvalue weighted by molar-refractivity contribution is 0.0963. The van der Waals surface area contributed by atoms with Gasteiger partial charge in [0.05, 0.1) is 0 Å². The highest BCUT2D eigenvalue weighted by Gasteiger charge is 2.31. The summed E-state index contributed by atoms with van der Waals surface area (Å²) in [5.74, 6) is -1.17. The first kappa shape index (κ1) is 8.20. The van der Waals surface area contributed by atoms with Gasteiger partial charge < -0.3 is 5.32 Å². The Morgan fingerprint density at radius 3 is 2.62 bits per heavy atom. The largest absolute Gasteiger partial charge is 0.343 e. The Balaban J connectivity index is 2.59. The minimum absolute atomic E-state index is 0.320. The molecule has 0 saturated heterocycles. The molecule has 2 rings (SSSR count). The van der Waals surface area contributed by atoms with Gasteiger partial charge in [-0.05, 0) is 6.07 Å². The molecule has 1 aliphatic rings. The second kappa shape index (κ2) is 2.82. The number of rotatable bonds is 1. The summed E-state index contributed by atoms with van der Waals surface area (Å²) < 4.78 is 21.5. The van der Waals surface area contributed by atoms with E-state index in [-0.39, 0.29) is 5.91 Å². The average Bonchev–Trinajstić information content (AvgIpc) is 2.45. The highest BCUT2D eigenvalue weighted by molar-refractivity contribution is 7.31. The monoisotopic (exact) mass is 195 g/mol. The molecule has 0 fully saturated rings. The summed E-state index contributed by atoms with van der Waals surface area (Å²) in [6, 6.07) is 6.68. The van der Waals surface area contributed by atoms with E-state index in [2.05, 4.69) is 5.32 Å². The van der Waals surface area contributed by atoms with Crippen LogP contribution < -0.4 is 5.32 Å². The third-order valence-electron chi connectivity index (χ3n) is 1.98. The predicted molar refractivity (Wildman–Crippen MR) is 44.9 cm³/mol. The molecule has 0 aliphatic carbocycles. The lowest BCUT2D eigenvalue weighted by Crippen LogP contribution is -2.15. The standard InChI is InChI=1S/C8H6NO3P/c10-7-5-3-1-2-4-6(5)8(9-7)13(11)12/h1-4,8H,(H,9,10). The van der Waals surface area contributed by atoms with Crippen LogP contribution in [0.15, 0.2) is 24.3 Å². The van der Waals surface area contributed by atoms with E-state index in [1.807, 2.05) is 0 Å².